The molecule has 0 saturated heterocycles. The van der Waals surface area contributed by atoms with E-state index in [0.29, 0.717) is 0 Å². The molecule has 0 saturated carbocycles. The molecule has 1 aromatic heterocycles. The summed E-state index contributed by atoms with van der Waals surface area (Å²) in [4.78, 5) is 0. The third kappa shape index (κ3) is 3.42. The van der Waals surface area contributed by atoms with Gasteiger partial charge in [0, 0.05) is 20.2 Å². The topological polar surface area (TPSA) is 0 Å². The summed E-state index contributed by atoms with van der Waals surface area (Å²) in [6.45, 7) is 2.29. The van der Waals surface area contributed by atoms with E-state index in [1.165, 1.54) is 92.2 Å². The van der Waals surface area contributed by atoms with E-state index in [1.54, 1.807) is 0 Å². The van der Waals surface area contributed by atoms with Crippen molar-refractivity contribution >= 4 is 53.1 Å². The van der Waals surface area contributed by atoms with Crippen LogP contribution >= 0.6 is 11.3 Å². The van der Waals surface area contributed by atoms with Crippen LogP contribution in [0.5, 0.6) is 0 Å². The molecule has 0 bridgehead atoms. The van der Waals surface area contributed by atoms with Crippen LogP contribution in [0.25, 0.3) is 41.7 Å². The van der Waals surface area contributed by atoms with E-state index in [1.807, 2.05) is 11.3 Å². The van der Waals surface area contributed by atoms with Crippen LogP contribution < -0.4 is 0 Å². The van der Waals surface area contributed by atoms with Crippen LogP contribution in [0.15, 0.2) is 66.7 Å². The first-order valence-corrected chi connectivity index (χ1v) is 11.9. The van der Waals surface area contributed by atoms with Crippen LogP contribution in [-0.4, -0.2) is 0 Å². The van der Waals surface area contributed by atoms with Gasteiger partial charge in [-0.2, -0.15) is 0 Å². The molecule has 1 heterocycles. The summed E-state index contributed by atoms with van der Waals surface area (Å²) in [5, 5.41) is 8.47. The normalized spacial score (nSPS) is 11.9. The maximum Gasteiger partial charge on any atom is 0.0364 e. The molecule has 0 N–H and O–H groups in total. The van der Waals surface area contributed by atoms with Gasteiger partial charge in [0.25, 0.3) is 0 Å². The molecule has 5 rings (SSSR count). The number of rotatable bonds is 7. The van der Waals surface area contributed by atoms with Gasteiger partial charge in [-0.1, -0.05) is 93.6 Å². The number of fused-ring (bicyclic) bond motifs is 7. The number of unbranched alkanes of at least 4 members (excludes halogenated alkanes) is 5. The molecular weight excluding hydrogens is 368 g/mol. The molecule has 4 aromatic carbocycles. The molecule has 0 nitrogen and oxygen atoms in total. The first kappa shape index (κ1) is 18.6. The summed E-state index contributed by atoms with van der Waals surface area (Å²) in [7, 11) is 0. The molecule has 0 fully saturated rings. The van der Waals surface area contributed by atoms with Gasteiger partial charge in [0.1, 0.15) is 0 Å². The molecule has 5 aromatic rings. The Balaban J connectivity index is 1.63. The van der Waals surface area contributed by atoms with E-state index in [-0.39, 0.29) is 0 Å². The summed E-state index contributed by atoms with van der Waals surface area (Å²) in [6, 6.07) is 24.9. The monoisotopic (exact) mass is 396 g/mol. The lowest BCUT2D eigenvalue weighted by Gasteiger charge is -2.09. The maximum atomic E-state index is 2.49. The van der Waals surface area contributed by atoms with E-state index in [0.717, 1.165) is 0 Å². The van der Waals surface area contributed by atoms with Crippen molar-refractivity contribution < 1.29 is 0 Å². The Bertz CT molecular complexity index is 1290. The van der Waals surface area contributed by atoms with Gasteiger partial charge in [-0.25, -0.2) is 0 Å². The van der Waals surface area contributed by atoms with Crippen molar-refractivity contribution in [1.29, 1.82) is 0 Å². The molecule has 0 atom stereocenters. The highest BCUT2D eigenvalue weighted by Gasteiger charge is 2.14. The fraction of sp³-hybridized carbons (Fsp3) is 0.286. The summed E-state index contributed by atoms with van der Waals surface area (Å²) in [5.74, 6) is 0. The lowest BCUT2D eigenvalue weighted by Crippen LogP contribution is -1.89. The highest BCUT2D eigenvalue weighted by molar-refractivity contribution is 7.26. The zero-order valence-electron chi connectivity index (χ0n) is 17.2. The first-order valence-electron chi connectivity index (χ1n) is 11.1. The van der Waals surface area contributed by atoms with Gasteiger partial charge >= 0.3 is 0 Å². The number of benzene rings is 4. The summed E-state index contributed by atoms with van der Waals surface area (Å²) >= 11 is 1.96. The minimum Gasteiger partial charge on any atom is -0.135 e. The van der Waals surface area contributed by atoms with E-state index in [2.05, 4.69) is 73.7 Å². The SMILES string of the molecule is CCCCCCCCc1cc2sc3ccc4ccccc4c3c2c2ccccc12. The zero-order valence-corrected chi connectivity index (χ0v) is 18.0. The average Bonchev–Trinajstić information content (AvgIpc) is 3.15. The molecule has 29 heavy (non-hydrogen) atoms. The minimum absolute atomic E-state index is 1.19. The molecule has 0 aliphatic carbocycles. The molecule has 0 aliphatic heterocycles. The van der Waals surface area contributed by atoms with Crippen LogP contribution in [0.1, 0.15) is 51.0 Å². The van der Waals surface area contributed by atoms with Crippen molar-refractivity contribution in [2.75, 3.05) is 0 Å². The van der Waals surface area contributed by atoms with E-state index >= 15 is 0 Å². The van der Waals surface area contributed by atoms with Gasteiger partial charge in [-0.15, -0.1) is 11.3 Å². The quantitative estimate of drug-likeness (QED) is 0.240. The summed E-state index contributed by atoms with van der Waals surface area (Å²) in [6.07, 6.45) is 9.31. The Morgan fingerprint density at radius 1 is 0.621 bits per heavy atom. The number of thiophene rings is 1. The van der Waals surface area contributed by atoms with Crippen molar-refractivity contribution in [3.05, 3.63) is 72.3 Å². The van der Waals surface area contributed by atoms with E-state index in [4.69, 9.17) is 0 Å². The largest absolute Gasteiger partial charge is 0.135 e. The third-order valence-electron chi connectivity index (χ3n) is 6.25. The highest BCUT2D eigenvalue weighted by Crippen LogP contribution is 2.43. The Morgan fingerprint density at radius 2 is 1.31 bits per heavy atom. The number of aryl methyl sites for hydroxylation is 1. The standard InChI is InChI=1S/C28H28S/c1-2-3-4-5-6-7-13-21-19-26-28(24-16-11-10-14-22(21)24)27-23-15-9-8-12-20(23)17-18-25(27)29-26/h8-12,14-19H,2-7,13H2,1H3. The second-order valence-electron chi connectivity index (χ2n) is 8.23. The summed E-state index contributed by atoms with van der Waals surface area (Å²) in [5.41, 5.74) is 1.53. The fourth-order valence-corrected chi connectivity index (χ4v) is 5.98. The predicted octanol–water partition coefficient (Wildman–Crippen LogP) is 9.26. The smallest absolute Gasteiger partial charge is 0.0364 e. The molecule has 0 radical (unpaired) electrons. The van der Waals surface area contributed by atoms with Gasteiger partial charge in [-0.3, -0.25) is 0 Å². The Labute approximate surface area is 177 Å². The van der Waals surface area contributed by atoms with Crippen molar-refractivity contribution in [2.45, 2.75) is 51.9 Å². The van der Waals surface area contributed by atoms with Crippen molar-refractivity contribution in [3.63, 3.8) is 0 Å². The summed E-state index contributed by atoms with van der Waals surface area (Å²) < 4.78 is 2.84. The lowest BCUT2D eigenvalue weighted by atomic mass is 9.94. The number of hydrogen-bond acceptors (Lipinski definition) is 1. The minimum atomic E-state index is 1.19. The molecule has 0 aliphatic rings. The van der Waals surface area contributed by atoms with Gasteiger partial charge in [0.2, 0.25) is 0 Å². The average molecular weight is 397 g/mol. The Kier molecular flexibility index (Phi) is 5.24. The van der Waals surface area contributed by atoms with Crippen LogP contribution in [0.4, 0.5) is 0 Å². The highest BCUT2D eigenvalue weighted by atomic mass is 32.1. The molecule has 0 spiro atoms. The molecule has 0 amide bonds. The van der Waals surface area contributed by atoms with Crippen molar-refractivity contribution in [1.82, 2.24) is 0 Å². The van der Waals surface area contributed by atoms with Gasteiger partial charge in [0.05, 0.1) is 0 Å². The molecule has 146 valence electrons. The lowest BCUT2D eigenvalue weighted by molar-refractivity contribution is 0.608. The molecule has 1 heteroatoms. The second kappa shape index (κ2) is 8.16. The fourth-order valence-electron chi connectivity index (χ4n) is 4.78. The predicted molar refractivity (Wildman–Crippen MR) is 131 cm³/mol. The zero-order chi connectivity index (χ0) is 19.6. The van der Waals surface area contributed by atoms with Gasteiger partial charge in [0.15, 0.2) is 0 Å². The second-order valence-corrected chi connectivity index (χ2v) is 9.32. The van der Waals surface area contributed by atoms with Crippen LogP contribution in [-0.2, 0) is 6.42 Å². The molecule has 0 unspecified atom stereocenters. The maximum absolute atomic E-state index is 2.49. The third-order valence-corrected chi connectivity index (χ3v) is 7.36. The molecular formula is C28H28S. The van der Waals surface area contributed by atoms with Crippen LogP contribution in [0.2, 0.25) is 0 Å². The van der Waals surface area contributed by atoms with E-state index in [9.17, 15) is 0 Å². The van der Waals surface area contributed by atoms with Crippen LogP contribution in [0, 0.1) is 0 Å². The Hall–Kier alpha value is -2.38. The van der Waals surface area contributed by atoms with Crippen LogP contribution in [0.3, 0.4) is 0 Å². The Morgan fingerprint density at radius 3 is 2.17 bits per heavy atom. The van der Waals surface area contributed by atoms with Gasteiger partial charge in [-0.05, 0) is 52.1 Å². The number of hydrogen-bond donors (Lipinski definition) is 0. The first-order chi connectivity index (χ1) is 14.4. The van der Waals surface area contributed by atoms with Crippen molar-refractivity contribution in [3.8, 4) is 0 Å². The van der Waals surface area contributed by atoms with Crippen molar-refractivity contribution in [2.24, 2.45) is 0 Å². The van der Waals surface area contributed by atoms with E-state index < -0.39 is 0 Å². The van der Waals surface area contributed by atoms with Gasteiger partial charge < -0.3 is 0 Å².